The van der Waals surface area contributed by atoms with Crippen molar-refractivity contribution in [3.8, 4) is 0 Å². The van der Waals surface area contributed by atoms with Crippen LogP contribution < -0.4 is 5.32 Å². The zero-order chi connectivity index (χ0) is 22.7. The van der Waals surface area contributed by atoms with Gasteiger partial charge in [0, 0.05) is 23.9 Å². The zero-order valence-electron chi connectivity index (χ0n) is 18.7. The molecule has 2 aromatic carbocycles. The number of carbonyl (C=O) groups is 2. The van der Waals surface area contributed by atoms with E-state index in [9.17, 15) is 9.59 Å². The third-order valence-corrected chi connectivity index (χ3v) is 5.49. The number of benzene rings is 2. The molecular formula is C25H29ClN2O3. The minimum atomic E-state index is -0.330. The van der Waals surface area contributed by atoms with Gasteiger partial charge in [-0.25, -0.2) is 0 Å². The van der Waals surface area contributed by atoms with Crippen molar-refractivity contribution in [2.24, 2.45) is 0 Å². The fourth-order valence-electron chi connectivity index (χ4n) is 3.64. The second kappa shape index (κ2) is 9.67. The number of hydrogen-bond donors (Lipinski definition) is 1. The van der Waals surface area contributed by atoms with E-state index in [-0.39, 0.29) is 23.6 Å². The molecule has 0 radical (unpaired) electrons. The molecule has 6 heteroatoms. The van der Waals surface area contributed by atoms with E-state index in [1.807, 2.05) is 58.9 Å². The number of hydrogen-bond acceptors (Lipinski definition) is 4. The molecule has 0 saturated carbocycles. The lowest BCUT2D eigenvalue weighted by Crippen LogP contribution is -2.34. The van der Waals surface area contributed by atoms with Crippen molar-refractivity contribution in [3.05, 3.63) is 69.4 Å². The average molecular weight is 441 g/mol. The summed E-state index contributed by atoms with van der Waals surface area (Å²) in [7, 11) is 0. The second-order valence-electron chi connectivity index (χ2n) is 8.19. The van der Waals surface area contributed by atoms with Crippen molar-refractivity contribution in [1.82, 2.24) is 4.90 Å². The van der Waals surface area contributed by atoms with E-state index in [1.165, 1.54) is 4.90 Å². The lowest BCUT2D eigenvalue weighted by atomic mass is 9.97. The lowest BCUT2D eigenvalue weighted by molar-refractivity contribution is -0.137. The Morgan fingerprint density at radius 3 is 2.42 bits per heavy atom. The molecule has 0 bridgehead atoms. The highest BCUT2D eigenvalue weighted by Crippen LogP contribution is 2.33. The first-order valence-corrected chi connectivity index (χ1v) is 10.9. The van der Waals surface area contributed by atoms with Crippen LogP contribution in [0.5, 0.6) is 0 Å². The van der Waals surface area contributed by atoms with Crippen LogP contribution in [0.4, 0.5) is 5.69 Å². The second-order valence-corrected chi connectivity index (χ2v) is 8.62. The molecule has 0 saturated heterocycles. The Morgan fingerprint density at radius 1 is 1.00 bits per heavy atom. The van der Waals surface area contributed by atoms with Gasteiger partial charge in [-0.3, -0.25) is 14.5 Å². The monoisotopic (exact) mass is 440 g/mol. The number of halogens is 1. The zero-order valence-corrected chi connectivity index (χ0v) is 19.5. The maximum Gasteiger partial charge on any atom is 0.278 e. The van der Waals surface area contributed by atoms with Crippen molar-refractivity contribution in [1.29, 1.82) is 0 Å². The topological polar surface area (TPSA) is 58.6 Å². The highest BCUT2D eigenvalue weighted by Gasteiger charge is 2.39. The van der Waals surface area contributed by atoms with Crippen molar-refractivity contribution in [2.75, 3.05) is 18.5 Å². The molecular weight excluding hydrogens is 412 g/mol. The first kappa shape index (κ1) is 23.0. The molecule has 1 aliphatic heterocycles. The average Bonchev–Trinajstić information content (AvgIpc) is 2.92. The Morgan fingerprint density at radius 2 is 1.74 bits per heavy atom. The molecule has 0 fully saturated rings. The highest BCUT2D eigenvalue weighted by atomic mass is 35.5. The molecule has 1 N–H and O–H groups in total. The summed E-state index contributed by atoms with van der Waals surface area (Å²) in [6.07, 6.45) is 0.691. The number of rotatable bonds is 8. The molecule has 1 aliphatic rings. The molecule has 31 heavy (non-hydrogen) atoms. The van der Waals surface area contributed by atoms with Crippen LogP contribution in [0.3, 0.4) is 0 Å². The van der Waals surface area contributed by atoms with Gasteiger partial charge in [0.1, 0.15) is 5.70 Å². The number of anilines is 1. The van der Waals surface area contributed by atoms with Crippen LogP contribution in [0, 0.1) is 20.8 Å². The molecule has 164 valence electrons. The maximum atomic E-state index is 13.4. The van der Waals surface area contributed by atoms with E-state index in [1.54, 1.807) is 12.1 Å². The quantitative estimate of drug-likeness (QED) is 0.448. The van der Waals surface area contributed by atoms with Gasteiger partial charge in [-0.05, 0) is 69.9 Å². The lowest BCUT2D eigenvalue weighted by Gasteiger charge is -2.16. The summed E-state index contributed by atoms with van der Waals surface area (Å²) in [5.74, 6) is -0.618. The normalized spacial score (nSPS) is 14.2. The Hall–Kier alpha value is -2.63. The summed E-state index contributed by atoms with van der Waals surface area (Å²) in [6.45, 7) is 10.6. The fourth-order valence-corrected chi connectivity index (χ4v) is 3.82. The fraction of sp³-hybridized carbons (Fsp3) is 0.360. The summed E-state index contributed by atoms with van der Waals surface area (Å²) in [5.41, 5.74) is 5.12. The molecule has 2 amide bonds. The van der Waals surface area contributed by atoms with Gasteiger partial charge in [-0.2, -0.15) is 0 Å². The molecule has 0 aromatic heterocycles. The number of carbonyl (C=O) groups excluding carboxylic acids is 2. The van der Waals surface area contributed by atoms with Gasteiger partial charge in [0.15, 0.2) is 0 Å². The molecule has 1 heterocycles. The van der Waals surface area contributed by atoms with Gasteiger partial charge in [-0.15, -0.1) is 0 Å². The van der Waals surface area contributed by atoms with Crippen LogP contribution in [0.1, 0.15) is 42.5 Å². The Balaban J connectivity index is 1.99. The van der Waals surface area contributed by atoms with Crippen molar-refractivity contribution in [3.63, 3.8) is 0 Å². The third-order valence-electron chi connectivity index (χ3n) is 5.26. The van der Waals surface area contributed by atoms with Gasteiger partial charge < -0.3 is 10.1 Å². The molecule has 5 nitrogen and oxygen atoms in total. The molecule has 0 unspecified atom stereocenters. The van der Waals surface area contributed by atoms with Crippen LogP contribution in [-0.4, -0.2) is 36.0 Å². The molecule has 2 aromatic rings. The van der Waals surface area contributed by atoms with Crippen LogP contribution in [0.25, 0.3) is 5.57 Å². The Kier molecular flexibility index (Phi) is 7.19. The van der Waals surface area contributed by atoms with E-state index in [4.69, 9.17) is 16.3 Å². The van der Waals surface area contributed by atoms with E-state index in [0.717, 1.165) is 22.3 Å². The number of nitrogens with zero attached hydrogens (tertiary/aromatic N) is 1. The van der Waals surface area contributed by atoms with E-state index < -0.39 is 0 Å². The number of aryl methyl sites for hydroxylation is 3. The van der Waals surface area contributed by atoms with Crippen molar-refractivity contribution in [2.45, 2.75) is 47.1 Å². The van der Waals surface area contributed by atoms with Crippen molar-refractivity contribution < 1.29 is 14.3 Å². The smallest absolute Gasteiger partial charge is 0.278 e. The largest absolute Gasteiger partial charge is 0.379 e. The molecule has 3 rings (SSSR count). The maximum absolute atomic E-state index is 13.4. The summed E-state index contributed by atoms with van der Waals surface area (Å²) >= 11 is 6.17. The number of nitrogens with one attached hydrogen (secondary N) is 1. The van der Waals surface area contributed by atoms with Gasteiger partial charge in [0.05, 0.1) is 11.7 Å². The first-order valence-electron chi connectivity index (χ1n) is 10.5. The standard InChI is InChI=1S/C25H29ClN2O3/c1-15(2)31-12-6-11-28-24(29)22(20-10-7-16(3)13-18(20)5)23(25(28)30)27-21-14-19(26)9-8-17(21)4/h7-10,13-15,27H,6,11-12H2,1-5H3. The van der Waals surface area contributed by atoms with E-state index in [2.05, 4.69) is 5.32 Å². The Bertz CT molecular complexity index is 1040. The highest BCUT2D eigenvalue weighted by molar-refractivity contribution is 6.37. The summed E-state index contributed by atoms with van der Waals surface area (Å²) in [5, 5.41) is 3.77. The van der Waals surface area contributed by atoms with Crippen molar-refractivity contribution >= 4 is 34.7 Å². The predicted molar refractivity (Wildman–Crippen MR) is 125 cm³/mol. The van der Waals surface area contributed by atoms with Gasteiger partial charge in [-0.1, -0.05) is 41.4 Å². The predicted octanol–water partition coefficient (Wildman–Crippen LogP) is 5.27. The van der Waals surface area contributed by atoms with Crippen LogP contribution in [0.2, 0.25) is 5.02 Å². The summed E-state index contributed by atoms with van der Waals surface area (Å²) in [4.78, 5) is 28.0. The Labute approximate surface area is 189 Å². The first-order chi connectivity index (χ1) is 14.7. The van der Waals surface area contributed by atoms with Gasteiger partial charge >= 0.3 is 0 Å². The molecule has 0 aliphatic carbocycles. The minimum absolute atomic E-state index is 0.108. The third kappa shape index (κ3) is 5.17. The van der Waals surface area contributed by atoms with E-state index >= 15 is 0 Å². The van der Waals surface area contributed by atoms with Gasteiger partial charge in [0.2, 0.25) is 0 Å². The summed E-state index contributed by atoms with van der Waals surface area (Å²) in [6, 6.07) is 11.3. The minimum Gasteiger partial charge on any atom is -0.379 e. The SMILES string of the molecule is Cc1ccc(C2=C(Nc3cc(Cl)ccc3C)C(=O)N(CCCOC(C)C)C2=O)c(C)c1. The van der Waals surface area contributed by atoms with Crippen LogP contribution in [-0.2, 0) is 14.3 Å². The van der Waals surface area contributed by atoms with Gasteiger partial charge in [0.25, 0.3) is 11.8 Å². The van der Waals surface area contributed by atoms with Crippen LogP contribution >= 0.6 is 11.6 Å². The molecule has 0 spiro atoms. The molecule has 0 atom stereocenters. The number of ether oxygens (including phenoxy) is 1. The number of imide groups is 1. The number of amides is 2. The summed E-state index contributed by atoms with van der Waals surface area (Å²) < 4.78 is 5.57. The van der Waals surface area contributed by atoms with E-state index in [0.29, 0.717) is 35.9 Å². The van der Waals surface area contributed by atoms with Crippen LogP contribution in [0.15, 0.2) is 42.1 Å².